The van der Waals surface area contributed by atoms with Gasteiger partial charge in [-0.05, 0) is 23.6 Å². The third-order valence-corrected chi connectivity index (χ3v) is 5.99. The standard InChI is InChI=1S/C15H18N2O4S2/c1-12(18)17(13-5-3-6-14(11-13)21-2)9-8-16-23(19,20)15-7-4-10-22-15/h3-7,10-11,16H,8-9H2,1-2H3. The van der Waals surface area contributed by atoms with Crippen LogP contribution in [0.5, 0.6) is 5.75 Å². The molecule has 0 aliphatic heterocycles. The first-order valence-corrected chi connectivity index (χ1v) is 9.25. The van der Waals surface area contributed by atoms with Crippen LogP contribution in [0.15, 0.2) is 46.0 Å². The van der Waals surface area contributed by atoms with E-state index < -0.39 is 10.0 Å². The summed E-state index contributed by atoms with van der Waals surface area (Å²) in [4.78, 5) is 13.3. The summed E-state index contributed by atoms with van der Waals surface area (Å²) in [7, 11) is -1.98. The molecule has 1 aromatic heterocycles. The van der Waals surface area contributed by atoms with E-state index in [9.17, 15) is 13.2 Å². The molecule has 0 atom stereocenters. The Hall–Kier alpha value is -1.90. The number of methoxy groups -OCH3 is 1. The number of amides is 1. The lowest BCUT2D eigenvalue weighted by atomic mass is 10.2. The van der Waals surface area contributed by atoms with E-state index in [0.29, 0.717) is 11.4 Å². The number of hydrogen-bond acceptors (Lipinski definition) is 5. The van der Waals surface area contributed by atoms with Crippen molar-refractivity contribution < 1.29 is 17.9 Å². The highest BCUT2D eigenvalue weighted by Gasteiger charge is 2.17. The number of hydrogen-bond donors (Lipinski definition) is 1. The first-order chi connectivity index (χ1) is 10.9. The van der Waals surface area contributed by atoms with Crippen LogP contribution in [0.1, 0.15) is 6.92 Å². The van der Waals surface area contributed by atoms with E-state index in [2.05, 4.69) is 4.72 Å². The Morgan fingerprint density at radius 1 is 1.30 bits per heavy atom. The quantitative estimate of drug-likeness (QED) is 0.826. The van der Waals surface area contributed by atoms with E-state index in [1.165, 1.54) is 17.9 Å². The molecule has 2 rings (SSSR count). The van der Waals surface area contributed by atoms with Crippen molar-refractivity contribution in [3.05, 3.63) is 41.8 Å². The number of carbonyl (C=O) groups excluding carboxylic acids is 1. The molecule has 0 saturated heterocycles. The van der Waals surface area contributed by atoms with Crippen molar-refractivity contribution in [2.45, 2.75) is 11.1 Å². The molecule has 0 aliphatic rings. The van der Waals surface area contributed by atoms with Gasteiger partial charge in [0, 0.05) is 31.8 Å². The third kappa shape index (κ3) is 4.54. The number of rotatable bonds is 7. The highest BCUT2D eigenvalue weighted by Crippen LogP contribution is 2.21. The average molecular weight is 354 g/mol. The highest BCUT2D eigenvalue weighted by molar-refractivity contribution is 7.91. The fourth-order valence-electron chi connectivity index (χ4n) is 2.03. The fourth-order valence-corrected chi connectivity index (χ4v) is 4.08. The van der Waals surface area contributed by atoms with Gasteiger partial charge in [0.25, 0.3) is 0 Å². The molecule has 124 valence electrons. The summed E-state index contributed by atoms with van der Waals surface area (Å²) in [5.74, 6) is 0.460. The van der Waals surface area contributed by atoms with Gasteiger partial charge in [-0.3, -0.25) is 4.79 Å². The lowest BCUT2D eigenvalue weighted by Crippen LogP contribution is -2.37. The summed E-state index contributed by atoms with van der Waals surface area (Å²) in [6.45, 7) is 1.79. The maximum absolute atomic E-state index is 12.1. The molecular formula is C15H18N2O4S2. The average Bonchev–Trinajstić information content (AvgIpc) is 3.06. The van der Waals surface area contributed by atoms with Crippen molar-refractivity contribution in [3.63, 3.8) is 0 Å². The second kappa shape index (κ2) is 7.58. The number of anilines is 1. The number of sulfonamides is 1. The van der Waals surface area contributed by atoms with Gasteiger partial charge in [0.1, 0.15) is 9.96 Å². The van der Waals surface area contributed by atoms with Crippen LogP contribution in [0, 0.1) is 0 Å². The van der Waals surface area contributed by atoms with Crippen LogP contribution in [0.2, 0.25) is 0 Å². The number of ether oxygens (including phenoxy) is 1. The molecule has 0 spiro atoms. The molecule has 1 heterocycles. The van der Waals surface area contributed by atoms with E-state index in [4.69, 9.17) is 4.74 Å². The van der Waals surface area contributed by atoms with Gasteiger partial charge in [-0.2, -0.15) is 0 Å². The normalized spacial score (nSPS) is 11.2. The third-order valence-electron chi connectivity index (χ3n) is 3.13. The van der Waals surface area contributed by atoms with Crippen LogP contribution in [0.3, 0.4) is 0 Å². The minimum Gasteiger partial charge on any atom is -0.497 e. The van der Waals surface area contributed by atoms with Gasteiger partial charge in [-0.15, -0.1) is 11.3 Å². The van der Waals surface area contributed by atoms with E-state index in [-0.39, 0.29) is 23.2 Å². The second-order valence-corrected chi connectivity index (χ2v) is 7.64. The number of nitrogens with zero attached hydrogens (tertiary/aromatic N) is 1. The lowest BCUT2D eigenvalue weighted by Gasteiger charge is -2.21. The first kappa shape index (κ1) is 17.5. The van der Waals surface area contributed by atoms with E-state index >= 15 is 0 Å². The van der Waals surface area contributed by atoms with Gasteiger partial charge >= 0.3 is 0 Å². The van der Waals surface area contributed by atoms with Crippen molar-refractivity contribution in [3.8, 4) is 5.75 Å². The van der Waals surface area contributed by atoms with Crippen molar-refractivity contribution in [1.29, 1.82) is 0 Å². The monoisotopic (exact) mass is 354 g/mol. The summed E-state index contributed by atoms with van der Waals surface area (Å²) in [6.07, 6.45) is 0. The molecule has 8 heteroatoms. The zero-order valence-corrected chi connectivity index (χ0v) is 14.5. The van der Waals surface area contributed by atoms with Gasteiger partial charge in [0.15, 0.2) is 0 Å². The van der Waals surface area contributed by atoms with Gasteiger partial charge < -0.3 is 9.64 Å². The Kier molecular flexibility index (Phi) is 5.75. The second-order valence-electron chi connectivity index (χ2n) is 4.70. The minimum absolute atomic E-state index is 0.122. The van der Waals surface area contributed by atoms with Crippen molar-refractivity contribution in [2.75, 3.05) is 25.1 Å². The zero-order chi connectivity index (χ0) is 16.9. The van der Waals surface area contributed by atoms with Crippen LogP contribution in [-0.4, -0.2) is 34.5 Å². The molecule has 0 radical (unpaired) electrons. The Balaban J connectivity index is 2.05. The van der Waals surface area contributed by atoms with Crippen LogP contribution in [0.4, 0.5) is 5.69 Å². The molecule has 1 amide bonds. The van der Waals surface area contributed by atoms with Crippen molar-refractivity contribution in [2.24, 2.45) is 0 Å². The maximum Gasteiger partial charge on any atom is 0.250 e. The molecule has 0 bridgehead atoms. The van der Waals surface area contributed by atoms with Crippen LogP contribution in [0.25, 0.3) is 0 Å². The smallest absolute Gasteiger partial charge is 0.250 e. The Morgan fingerprint density at radius 3 is 2.70 bits per heavy atom. The lowest BCUT2D eigenvalue weighted by molar-refractivity contribution is -0.116. The van der Waals surface area contributed by atoms with E-state index in [1.807, 2.05) is 0 Å². The van der Waals surface area contributed by atoms with Crippen LogP contribution < -0.4 is 14.4 Å². The molecule has 23 heavy (non-hydrogen) atoms. The molecule has 0 saturated carbocycles. The number of benzene rings is 1. The van der Waals surface area contributed by atoms with Crippen molar-refractivity contribution >= 4 is 33.0 Å². The maximum atomic E-state index is 12.1. The summed E-state index contributed by atoms with van der Waals surface area (Å²) in [6, 6.07) is 10.3. The molecule has 0 aliphatic carbocycles. The number of nitrogens with one attached hydrogen (secondary N) is 1. The zero-order valence-electron chi connectivity index (χ0n) is 12.9. The minimum atomic E-state index is -3.53. The highest BCUT2D eigenvalue weighted by atomic mass is 32.2. The molecular weight excluding hydrogens is 336 g/mol. The predicted molar refractivity (Wildman–Crippen MR) is 90.5 cm³/mol. The topological polar surface area (TPSA) is 75.7 Å². The summed E-state index contributed by atoms with van der Waals surface area (Å²) < 4.78 is 32.0. The van der Waals surface area contributed by atoms with Gasteiger partial charge in [-0.1, -0.05) is 12.1 Å². The number of carbonyl (C=O) groups is 1. The molecule has 1 aromatic carbocycles. The summed E-state index contributed by atoms with van der Waals surface area (Å²) >= 11 is 1.15. The van der Waals surface area contributed by atoms with Crippen molar-refractivity contribution in [1.82, 2.24) is 4.72 Å². The predicted octanol–water partition coefficient (Wildman–Crippen LogP) is 2.09. The van der Waals surface area contributed by atoms with Crippen LogP contribution in [-0.2, 0) is 14.8 Å². The van der Waals surface area contributed by atoms with Crippen LogP contribution >= 0.6 is 11.3 Å². The van der Waals surface area contributed by atoms with Gasteiger partial charge in [-0.25, -0.2) is 13.1 Å². The number of thiophene rings is 1. The Morgan fingerprint density at radius 2 is 2.09 bits per heavy atom. The Bertz CT molecular complexity index is 758. The van der Waals surface area contributed by atoms with E-state index in [0.717, 1.165) is 11.3 Å². The Labute approximate surface area is 139 Å². The van der Waals surface area contributed by atoms with E-state index in [1.54, 1.807) is 42.8 Å². The van der Waals surface area contributed by atoms with Gasteiger partial charge in [0.2, 0.25) is 15.9 Å². The fraction of sp³-hybridized carbons (Fsp3) is 0.267. The largest absolute Gasteiger partial charge is 0.497 e. The molecule has 1 N–H and O–H groups in total. The molecule has 0 unspecified atom stereocenters. The molecule has 0 fully saturated rings. The SMILES string of the molecule is COc1cccc(N(CCNS(=O)(=O)c2cccs2)C(C)=O)c1. The van der Waals surface area contributed by atoms with Gasteiger partial charge in [0.05, 0.1) is 7.11 Å². The summed E-state index contributed by atoms with van der Waals surface area (Å²) in [5, 5.41) is 1.70. The molecule has 2 aromatic rings. The summed E-state index contributed by atoms with van der Waals surface area (Å²) in [5.41, 5.74) is 0.659. The first-order valence-electron chi connectivity index (χ1n) is 6.89. The molecule has 6 nitrogen and oxygen atoms in total.